The minimum absolute atomic E-state index is 0.0267. The molecule has 1 amide bonds. The highest BCUT2D eigenvalue weighted by molar-refractivity contribution is 7.82. The number of nitrogens with one attached hydrogen (secondary N) is 1. The lowest BCUT2D eigenvalue weighted by Crippen LogP contribution is -2.51. The fourth-order valence-corrected chi connectivity index (χ4v) is 5.20. The Morgan fingerprint density at radius 1 is 1.21 bits per heavy atom. The number of nitrogens with zero attached hydrogens (tertiary/aromatic N) is 1. The van der Waals surface area contributed by atoms with Gasteiger partial charge in [0.1, 0.15) is 22.6 Å². The van der Waals surface area contributed by atoms with Crippen LogP contribution in [-0.2, 0) is 15.7 Å². The number of amides is 1. The van der Waals surface area contributed by atoms with Gasteiger partial charge in [-0.05, 0) is 54.2 Å². The molecule has 184 valence electrons. The van der Waals surface area contributed by atoms with Crippen molar-refractivity contribution in [1.29, 1.82) is 0 Å². The Balaban J connectivity index is 1.40. The molecule has 4 rings (SSSR count). The smallest absolute Gasteiger partial charge is 0.265 e. The van der Waals surface area contributed by atoms with Crippen LogP contribution in [0.25, 0.3) is 0 Å². The molecule has 1 saturated carbocycles. The van der Waals surface area contributed by atoms with Gasteiger partial charge in [0.25, 0.3) is 5.91 Å². The molecule has 1 saturated heterocycles. The van der Waals surface area contributed by atoms with E-state index >= 15 is 0 Å². The molecule has 34 heavy (non-hydrogen) atoms. The second-order valence-corrected chi connectivity index (χ2v) is 10.8. The number of carbonyl (C=O) groups excluding carboxylic acids is 1. The van der Waals surface area contributed by atoms with E-state index in [1.807, 2.05) is 12.1 Å². The molecule has 2 unspecified atom stereocenters. The Labute approximate surface area is 211 Å². The van der Waals surface area contributed by atoms with Crippen LogP contribution in [0.4, 0.5) is 4.39 Å². The summed E-state index contributed by atoms with van der Waals surface area (Å²) in [5.41, 5.74) is 1.72. The average Bonchev–Trinajstić information content (AvgIpc) is 3.55. The maximum absolute atomic E-state index is 14.7. The molecular weight excluding hydrogens is 502 g/mol. The van der Waals surface area contributed by atoms with Gasteiger partial charge < -0.3 is 9.47 Å². The zero-order valence-corrected chi connectivity index (χ0v) is 21.3. The van der Waals surface area contributed by atoms with Crippen LogP contribution >= 0.6 is 23.2 Å². The fourth-order valence-electron chi connectivity index (χ4n) is 4.28. The highest BCUT2D eigenvalue weighted by Gasteiger charge is 2.35. The maximum Gasteiger partial charge on any atom is 0.265 e. The second-order valence-electron chi connectivity index (χ2n) is 8.83. The summed E-state index contributed by atoms with van der Waals surface area (Å²) < 4.78 is 39.7. The van der Waals surface area contributed by atoms with Crippen molar-refractivity contribution in [2.24, 2.45) is 5.92 Å². The summed E-state index contributed by atoms with van der Waals surface area (Å²) in [6.45, 7) is 2.54. The predicted octanol–water partition coefficient (Wildman–Crippen LogP) is 4.73. The molecule has 6 nitrogen and oxygen atoms in total. The lowest BCUT2D eigenvalue weighted by molar-refractivity contribution is -0.00582. The van der Waals surface area contributed by atoms with Gasteiger partial charge in [0.05, 0.1) is 24.8 Å². The molecule has 0 aromatic heterocycles. The minimum Gasteiger partial charge on any atom is -0.493 e. The third kappa shape index (κ3) is 6.10. The van der Waals surface area contributed by atoms with Crippen molar-refractivity contribution >= 4 is 40.1 Å². The third-order valence-electron chi connectivity index (χ3n) is 6.09. The molecular formula is C24H27Cl2FN2O4S. The quantitative estimate of drug-likeness (QED) is 0.482. The van der Waals surface area contributed by atoms with Crippen LogP contribution in [0.3, 0.4) is 0 Å². The number of halogens is 3. The van der Waals surface area contributed by atoms with Crippen molar-refractivity contribution in [3.05, 3.63) is 62.9 Å². The van der Waals surface area contributed by atoms with E-state index in [0.29, 0.717) is 29.0 Å². The number of carbonyl (C=O) groups is 1. The Kier molecular flexibility index (Phi) is 8.15. The molecule has 2 aromatic rings. The summed E-state index contributed by atoms with van der Waals surface area (Å²) in [4.78, 5) is 14.5. The first kappa shape index (κ1) is 25.4. The van der Waals surface area contributed by atoms with Crippen molar-refractivity contribution in [3.63, 3.8) is 0 Å². The lowest BCUT2D eigenvalue weighted by Gasteiger charge is -2.44. The molecule has 1 aliphatic heterocycles. The van der Waals surface area contributed by atoms with Gasteiger partial charge in [-0.1, -0.05) is 23.2 Å². The summed E-state index contributed by atoms with van der Waals surface area (Å²) in [6.07, 6.45) is 3.27. The molecule has 2 fully saturated rings. The average molecular weight is 529 g/mol. The van der Waals surface area contributed by atoms with E-state index in [9.17, 15) is 13.4 Å². The standard InChI is InChI=1S/C24H27Cl2FN2O4S/c1-32-13-22(16-5-17(25)7-18(26)6-16)29-10-14(11-29)12-33-23-9-21(27)20(24(30)28-34(2)31)8-19(23)15-3-4-15/h5-9,14-15,22H,3-4,10-13H2,1-2H3,(H,28,30). The van der Waals surface area contributed by atoms with Gasteiger partial charge in [-0.15, -0.1) is 0 Å². The number of likely N-dealkylation sites (tertiary alicyclic amines) is 1. The maximum atomic E-state index is 14.7. The van der Waals surface area contributed by atoms with E-state index in [0.717, 1.165) is 37.1 Å². The number of methoxy groups -OCH3 is 1. The van der Waals surface area contributed by atoms with E-state index in [-0.39, 0.29) is 23.4 Å². The summed E-state index contributed by atoms with van der Waals surface area (Å²) in [5.74, 6) is -0.370. The first-order chi connectivity index (χ1) is 16.2. The van der Waals surface area contributed by atoms with Crippen molar-refractivity contribution in [3.8, 4) is 5.75 Å². The molecule has 10 heteroatoms. The zero-order chi connectivity index (χ0) is 24.4. The summed E-state index contributed by atoms with van der Waals surface area (Å²) >= 11 is 12.4. The van der Waals surface area contributed by atoms with E-state index < -0.39 is 22.7 Å². The van der Waals surface area contributed by atoms with Crippen LogP contribution in [0.1, 0.15) is 46.3 Å². The summed E-state index contributed by atoms with van der Waals surface area (Å²) in [5, 5.41) is 1.17. The molecule has 1 N–H and O–H groups in total. The molecule has 2 aliphatic rings. The van der Waals surface area contributed by atoms with Gasteiger partial charge in [0.2, 0.25) is 0 Å². The molecule has 1 heterocycles. The Morgan fingerprint density at radius 2 is 1.88 bits per heavy atom. The number of hydrogen-bond acceptors (Lipinski definition) is 5. The molecule has 2 aromatic carbocycles. The highest BCUT2D eigenvalue weighted by atomic mass is 35.5. The third-order valence-corrected chi connectivity index (χ3v) is 7.00. The zero-order valence-electron chi connectivity index (χ0n) is 19.0. The highest BCUT2D eigenvalue weighted by Crippen LogP contribution is 2.45. The van der Waals surface area contributed by atoms with E-state index in [4.69, 9.17) is 32.7 Å². The van der Waals surface area contributed by atoms with Crippen molar-refractivity contribution < 1.29 is 22.9 Å². The van der Waals surface area contributed by atoms with Gasteiger partial charge in [0, 0.05) is 48.5 Å². The van der Waals surface area contributed by atoms with Crippen LogP contribution in [0.2, 0.25) is 10.0 Å². The van der Waals surface area contributed by atoms with Crippen LogP contribution < -0.4 is 9.46 Å². The summed E-state index contributed by atoms with van der Waals surface area (Å²) in [6, 6.07) is 8.35. The van der Waals surface area contributed by atoms with E-state index in [1.165, 1.54) is 18.4 Å². The monoisotopic (exact) mass is 528 g/mol. The van der Waals surface area contributed by atoms with Crippen molar-refractivity contribution in [1.82, 2.24) is 9.62 Å². The van der Waals surface area contributed by atoms with Gasteiger partial charge in [-0.3, -0.25) is 14.4 Å². The normalized spacial score (nSPS) is 18.3. The number of hydrogen-bond donors (Lipinski definition) is 1. The lowest BCUT2D eigenvalue weighted by atomic mass is 9.95. The molecule has 1 aliphatic carbocycles. The molecule has 0 bridgehead atoms. The number of ether oxygens (including phenoxy) is 2. The largest absolute Gasteiger partial charge is 0.493 e. The van der Waals surface area contributed by atoms with Gasteiger partial charge in [0.15, 0.2) is 0 Å². The van der Waals surface area contributed by atoms with Crippen molar-refractivity contribution in [2.45, 2.75) is 24.8 Å². The predicted molar refractivity (Wildman–Crippen MR) is 132 cm³/mol. The first-order valence-corrected chi connectivity index (χ1v) is 13.4. The van der Waals surface area contributed by atoms with E-state index in [2.05, 4.69) is 9.62 Å². The van der Waals surface area contributed by atoms with Gasteiger partial charge in [-0.2, -0.15) is 0 Å². The molecule has 0 spiro atoms. The Morgan fingerprint density at radius 3 is 2.47 bits per heavy atom. The second kappa shape index (κ2) is 10.9. The minimum atomic E-state index is -1.57. The Bertz CT molecular complexity index is 1070. The van der Waals surface area contributed by atoms with Crippen molar-refractivity contribution in [2.75, 3.05) is 39.7 Å². The van der Waals surface area contributed by atoms with Crippen LogP contribution in [0.5, 0.6) is 5.75 Å². The topological polar surface area (TPSA) is 67.9 Å². The van der Waals surface area contributed by atoms with E-state index in [1.54, 1.807) is 13.2 Å². The SMILES string of the molecule is COCC(c1cc(Cl)cc(Cl)c1)N1CC(COc2cc(F)c(C(=O)NS(C)=O)cc2C2CC2)C1. The van der Waals surface area contributed by atoms with Gasteiger partial charge in [-0.25, -0.2) is 8.60 Å². The molecule has 2 atom stereocenters. The summed E-state index contributed by atoms with van der Waals surface area (Å²) in [7, 11) is 0.0961. The number of benzene rings is 2. The Hall–Kier alpha value is -1.71. The van der Waals surface area contributed by atoms with Crippen LogP contribution in [0.15, 0.2) is 30.3 Å². The van der Waals surface area contributed by atoms with Crippen LogP contribution in [0, 0.1) is 11.7 Å². The first-order valence-electron chi connectivity index (χ1n) is 11.0. The molecule has 0 radical (unpaired) electrons. The number of rotatable bonds is 10. The fraction of sp³-hybridized carbons (Fsp3) is 0.458. The van der Waals surface area contributed by atoms with Gasteiger partial charge >= 0.3 is 0 Å². The van der Waals surface area contributed by atoms with Crippen LogP contribution in [-0.4, -0.2) is 54.7 Å².